The van der Waals surface area contributed by atoms with Crippen molar-refractivity contribution in [1.29, 1.82) is 0 Å². The molecule has 0 aliphatic heterocycles. The predicted molar refractivity (Wildman–Crippen MR) is 155 cm³/mol. The summed E-state index contributed by atoms with van der Waals surface area (Å²) in [5, 5.41) is 3.38. The van der Waals surface area contributed by atoms with Crippen molar-refractivity contribution in [2.24, 2.45) is 52.3 Å². The van der Waals surface area contributed by atoms with Gasteiger partial charge in [-0.25, -0.2) is 0 Å². The van der Waals surface area contributed by atoms with E-state index in [1.54, 1.807) is 0 Å². The summed E-state index contributed by atoms with van der Waals surface area (Å²) in [4.78, 5) is 12.9. The van der Waals surface area contributed by atoms with Gasteiger partial charge in [0.25, 0.3) is 5.91 Å². The van der Waals surface area contributed by atoms with Crippen molar-refractivity contribution in [3.63, 3.8) is 0 Å². The van der Waals surface area contributed by atoms with E-state index < -0.39 is 0 Å². The SMILES string of the molecule is CC(C)CCC[C@@H](C)[C@H]1CC[C@H]2[C@@H]3CCC4CC(NC(=O)c5ccc(N)cc5)CC[C@]4(C)[C@H]3CC[C@]12C. The molecule has 5 rings (SSSR count). The molecule has 4 fully saturated rings. The topological polar surface area (TPSA) is 55.1 Å². The maximum absolute atomic E-state index is 12.9. The van der Waals surface area contributed by atoms with Crippen LogP contribution in [0.3, 0.4) is 0 Å². The summed E-state index contributed by atoms with van der Waals surface area (Å²) in [6, 6.07) is 7.66. The third-order valence-electron chi connectivity index (χ3n) is 12.4. The Balaban J connectivity index is 1.21. The van der Waals surface area contributed by atoms with Gasteiger partial charge in [0.1, 0.15) is 0 Å². The lowest BCUT2D eigenvalue weighted by atomic mass is 9.44. The first-order valence-corrected chi connectivity index (χ1v) is 15.8. The van der Waals surface area contributed by atoms with Gasteiger partial charge in [-0.3, -0.25) is 4.79 Å². The van der Waals surface area contributed by atoms with Gasteiger partial charge in [-0.1, -0.05) is 53.9 Å². The Labute approximate surface area is 227 Å². The molecule has 0 aromatic heterocycles. The van der Waals surface area contributed by atoms with Gasteiger partial charge in [0.2, 0.25) is 0 Å². The molecule has 3 nitrogen and oxygen atoms in total. The number of carbonyl (C=O) groups excluding carboxylic acids is 1. The van der Waals surface area contributed by atoms with Gasteiger partial charge in [-0.15, -0.1) is 0 Å². The Kier molecular flexibility index (Phi) is 7.74. The van der Waals surface area contributed by atoms with Crippen LogP contribution in [0.1, 0.15) is 122 Å². The molecular weight excluding hydrogens is 452 g/mol. The van der Waals surface area contributed by atoms with Crippen molar-refractivity contribution < 1.29 is 4.79 Å². The van der Waals surface area contributed by atoms with Crippen molar-refractivity contribution in [1.82, 2.24) is 5.32 Å². The monoisotopic (exact) mass is 506 g/mol. The Hall–Kier alpha value is -1.51. The Morgan fingerprint density at radius 2 is 1.62 bits per heavy atom. The molecule has 2 unspecified atom stereocenters. The third-order valence-corrected chi connectivity index (χ3v) is 12.4. The number of carbonyl (C=O) groups is 1. The van der Waals surface area contributed by atoms with E-state index in [1.165, 1.54) is 64.2 Å². The van der Waals surface area contributed by atoms with Gasteiger partial charge < -0.3 is 11.1 Å². The van der Waals surface area contributed by atoms with Gasteiger partial charge in [0.05, 0.1) is 0 Å². The van der Waals surface area contributed by atoms with Crippen molar-refractivity contribution in [2.75, 3.05) is 5.73 Å². The molecule has 206 valence electrons. The smallest absolute Gasteiger partial charge is 0.251 e. The Morgan fingerprint density at radius 3 is 2.35 bits per heavy atom. The highest BCUT2D eigenvalue weighted by atomic mass is 16.1. The van der Waals surface area contributed by atoms with E-state index >= 15 is 0 Å². The first kappa shape index (κ1) is 27.1. The predicted octanol–water partition coefficient (Wildman–Crippen LogP) is 8.49. The van der Waals surface area contributed by atoms with Crippen LogP contribution in [0, 0.1) is 52.3 Å². The summed E-state index contributed by atoms with van der Waals surface area (Å²) in [6.45, 7) is 12.7. The summed E-state index contributed by atoms with van der Waals surface area (Å²) in [6.07, 6.45) is 16.5. The van der Waals surface area contributed by atoms with Crippen LogP contribution in [0.15, 0.2) is 24.3 Å². The molecule has 37 heavy (non-hydrogen) atoms. The van der Waals surface area contributed by atoms with Crippen molar-refractivity contribution in [3.05, 3.63) is 29.8 Å². The molecule has 4 aliphatic carbocycles. The minimum Gasteiger partial charge on any atom is -0.399 e. The molecule has 0 radical (unpaired) electrons. The highest BCUT2D eigenvalue weighted by molar-refractivity contribution is 5.94. The number of nitrogens with two attached hydrogens (primary N) is 1. The minimum absolute atomic E-state index is 0.0650. The first-order chi connectivity index (χ1) is 17.6. The molecule has 4 aliphatic rings. The van der Waals surface area contributed by atoms with Gasteiger partial charge in [-0.05, 0) is 134 Å². The maximum Gasteiger partial charge on any atom is 0.251 e. The lowest BCUT2D eigenvalue weighted by Crippen LogP contribution is -2.55. The Morgan fingerprint density at radius 1 is 0.919 bits per heavy atom. The highest BCUT2D eigenvalue weighted by Gasteiger charge is 2.60. The standard InChI is InChI=1S/C34H54N2O/c1-22(2)7-6-8-23(3)29-15-16-30-28-14-11-25-21-27(36-32(37)24-9-12-26(35)13-10-24)17-19-33(25,4)31(28)18-20-34(29,30)5/h9-10,12-13,22-23,25,27-31H,6-8,11,14-21,35H2,1-5H3,(H,36,37)/t23-,25?,27?,28+,29-,30+,31+,33+,34-/m1/s1. The molecule has 0 heterocycles. The molecule has 1 amide bonds. The second kappa shape index (κ2) is 10.6. The Bertz CT molecular complexity index is 940. The van der Waals surface area contributed by atoms with Gasteiger partial charge in [-0.2, -0.15) is 0 Å². The van der Waals surface area contributed by atoms with Crippen LogP contribution in [-0.4, -0.2) is 11.9 Å². The summed E-state index contributed by atoms with van der Waals surface area (Å²) in [7, 11) is 0. The second-order valence-electron chi connectivity index (χ2n) is 14.8. The number of hydrogen-bond donors (Lipinski definition) is 2. The number of amides is 1. The largest absolute Gasteiger partial charge is 0.399 e. The van der Waals surface area contributed by atoms with Crippen molar-refractivity contribution >= 4 is 11.6 Å². The van der Waals surface area contributed by atoms with Crippen LogP contribution < -0.4 is 11.1 Å². The summed E-state index contributed by atoms with van der Waals surface area (Å²) in [5.41, 5.74) is 8.29. The van der Waals surface area contributed by atoms with E-state index in [0.29, 0.717) is 22.6 Å². The van der Waals surface area contributed by atoms with Crippen LogP contribution in [-0.2, 0) is 0 Å². The number of fused-ring (bicyclic) bond motifs is 5. The molecule has 0 saturated heterocycles. The fourth-order valence-corrected chi connectivity index (χ4v) is 10.3. The lowest BCUT2D eigenvalue weighted by Gasteiger charge is -2.61. The van der Waals surface area contributed by atoms with Crippen LogP contribution in [0.4, 0.5) is 5.69 Å². The van der Waals surface area contributed by atoms with E-state index in [-0.39, 0.29) is 5.91 Å². The molecule has 1 aromatic rings. The van der Waals surface area contributed by atoms with Crippen LogP contribution in [0.2, 0.25) is 0 Å². The van der Waals surface area contributed by atoms with Gasteiger partial charge in [0.15, 0.2) is 0 Å². The quantitative estimate of drug-likeness (QED) is 0.364. The van der Waals surface area contributed by atoms with Crippen LogP contribution in [0.25, 0.3) is 0 Å². The number of nitrogen functional groups attached to an aromatic ring is 1. The zero-order valence-corrected chi connectivity index (χ0v) is 24.4. The van der Waals surface area contributed by atoms with E-state index in [1.807, 2.05) is 24.3 Å². The maximum atomic E-state index is 12.9. The van der Waals surface area contributed by atoms with E-state index in [4.69, 9.17) is 5.73 Å². The van der Waals surface area contributed by atoms with E-state index in [9.17, 15) is 4.79 Å². The summed E-state index contributed by atoms with van der Waals surface area (Å²) >= 11 is 0. The number of nitrogens with one attached hydrogen (secondary N) is 1. The first-order valence-electron chi connectivity index (χ1n) is 15.8. The van der Waals surface area contributed by atoms with Crippen molar-refractivity contribution in [2.45, 2.75) is 118 Å². The molecule has 1 aromatic carbocycles. The molecule has 3 heteroatoms. The molecular formula is C34H54N2O. The average Bonchev–Trinajstić information content (AvgIpc) is 3.21. The third kappa shape index (κ3) is 5.10. The van der Waals surface area contributed by atoms with Crippen LogP contribution in [0.5, 0.6) is 0 Å². The number of benzene rings is 1. The zero-order chi connectivity index (χ0) is 26.4. The fraction of sp³-hybridized carbons (Fsp3) is 0.794. The average molecular weight is 507 g/mol. The molecule has 3 N–H and O–H groups in total. The van der Waals surface area contributed by atoms with Crippen molar-refractivity contribution in [3.8, 4) is 0 Å². The molecule has 4 saturated carbocycles. The number of rotatable bonds is 7. The number of hydrogen-bond acceptors (Lipinski definition) is 2. The fourth-order valence-electron chi connectivity index (χ4n) is 10.3. The molecule has 0 spiro atoms. The zero-order valence-electron chi connectivity index (χ0n) is 24.4. The molecule has 0 bridgehead atoms. The summed E-state index contributed by atoms with van der Waals surface area (Å²) < 4.78 is 0. The highest BCUT2D eigenvalue weighted by Crippen LogP contribution is 2.68. The molecule has 9 atom stereocenters. The summed E-state index contributed by atoms with van der Waals surface area (Å²) in [5.74, 6) is 6.27. The minimum atomic E-state index is 0.0650. The van der Waals surface area contributed by atoms with E-state index in [2.05, 4.69) is 39.9 Å². The normalized spacial score (nSPS) is 39.9. The van der Waals surface area contributed by atoms with Gasteiger partial charge >= 0.3 is 0 Å². The number of anilines is 1. The second-order valence-corrected chi connectivity index (χ2v) is 14.8. The van der Waals surface area contributed by atoms with E-state index in [0.717, 1.165) is 59.8 Å². The lowest BCUT2D eigenvalue weighted by molar-refractivity contribution is -0.117. The van der Waals surface area contributed by atoms with Crippen LogP contribution >= 0.6 is 0 Å². The van der Waals surface area contributed by atoms with Gasteiger partial charge in [0, 0.05) is 17.3 Å².